The van der Waals surface area contributed by atoms with Gasteiger partial charge in [-0.15, -0.1) is 0 Å². The maximum atomic E-state index is 4.74. The third-order valence-electron chi connectivity index (χ3n) is 1.15. The molecule has 0 radical (unpaired) electrons. The quantitative estimate of drug-likeness (QED) is 0.600. The fourth-order valence-electron chi connectivity index (χ4n) is 0.577. The number of hydrogen-bond acceptors (Lipinski definition) is 6. The van der Waals surface area contributed by atoms with E-state index in [2.05, 4.69) is 0 Å². The van der Waals surface area contributed by atoms with Crippen LogP contribution >= 0.6 is 0 Å². The van der Waals surface area contributed by atoms with Crippen LogP contribution in [0.15, 0.2) is 0 Å². The van der Waals surface area contributed by atoms with E-state index in [-0.39, 0.29) is 0 Å². The molecule has 0 aliphatic carbocycles. The Labute approximate surface area is 95.8 Å². The molecule has 0 saturated carbocycles. The predicted octanol–water partition coefficient (Wildman–Crippen LogP) is -0.179. The van der Waals surface area contributed by atoms with E-state index in [1.54, 1.807) is 42.7 Å². The van der Waals surface area contributed by atoms with Gasteiger partial charge in [-0.05, 0) is 0 Å². The van der Waals surface area contributed by atoms with Gasteiger partial charge in [0.1, 0.15) is 0 Å². The fraction of sp³-hybridized carbons (Fsp3) is 1.00. The van der Waals surface area contributed by atoms with E-state index in [9.17, 15) is 0 Å². The van der Waals surface area contributed by atoms with E-state index in [1.807, 2.05) is 0 Å². The van der Waals surface area contributed by atoms with E-state index >= 15 is 0 Å². The van der Waals surface area contributed by atoms with E-state index in [0.717, 1.165) is 0 Å². The normalized spacial score (nSPS) is 9.00. The van der Waals surface area contributed by atoms with E-state index < -0.39 is 30.3 Å². The SMILES string of the molecule is C[O][Al]([O]C)[O]C.C[O][Al]([O]C)[O]C. The Morgan fingerprint density at radius 3 is 0.571 bits per heavy atom. The third kappa shape index (κ3) is 10.9. The standard InChI is InChI=1S/6CH3O.2Al/c6*1-2;;/h6*1H3;;/q6*-1;2*+3. The van der Waals surface area contributed by atoms with Crippen molar-refractivity contribution in [3.8, 4) is 0 Å². The molecule has 0 spiro atoms. The highest BCUT2D eigenvalue weighted by Gasteiger charge is 2.25. The zero-order chi connectivity index (χ0) is 11.4. The predicted molar refractivity (Wildman–Crippen MR) is 53.6 cm³/mol. The lowest BCUT2D eigenvalue weighted by Gasteiger charge is -1.99. The minimum atomic E-state index is -1.67. The zero-order valence-corrected chi connectivity index (χ0v) is 11.9. The van der Waals surface area contributed by atoms with Crippen LogP contribution in [0, 0.1) is 0 Å². The first-order valence-corrected chi connectivity index (χ1v) is 6.69. The van der Waals surface area contributed by atoms with Gasteiger partial charge in [0.05, 0.1) is 0 Å². The van der Waals surface area contributed by atoms with E-state index in [0.29, 0.717) is 0 Å². The van der Waals surface area contributed by atoms with Crippen molar-refractivity contribution in [3.05, 3.63) is 0 Å². The average Bonchev–Trinajstić information content (AvgIpc) is 2.24. The zero-order valence-electron chi connectivity index (χ0n) is 9.60. The Balaban J connectivity index is 0. The van der Waals surface area contributed by atoms with Crippen molar-refractivity contribution in [2.45, 2.75) is 0 Å². The molecule has 0 atom stereocenters. The van der Waals surface area contributed by atoms with Crippen LogP contribution in [0.25, 0.3) is 0 Å². The third-order valence-corrected chi connectivity index (χ3v) is 3.46. The van der Waals surface area contributed by atoms with Gasteiger partial charge >= 0.3 is 30.3 Å². The van der Waals surface area contributed by atoms with Crippen LogP contribution in [0.3, 0.4) is 0 Å². The molecule has 0 fully saturated rings. The van der Waals surface area contributed by atoms with Crippen molar-refractivity contribution >= 4 is 30.3 Å². The minimum absolute atomic E-state index is 1.57. The van der Waals surface area contributed by atoms with Gasteiger partial charge in [-0.2, -0.15) is 0 Å². The van der Waals surface area contributed by atoms with Crippen LogP contribution in [0.4, 0.5) is 0 Å². The molecule has 0 unspecified atom stereocenters. The van der Waals surface area contributed by atoms with Gasteiger partial charge < -0.3 is 22.7 Å². The molecule has 0 bridgehead atoms. The number of rotatable bonds is 6. The molecule has 0 amide bonds. The molecule has 0 aromatic heterocycles. The molecule has 0 rings (SSSR count). The molecule has 0 heterocycles. The van der Waals surface area contributed by atoms with Crippen molar-refractivity contribution in [1.29, 1.82) is 0 Å². The maximum absolute atomic E-state index is 4.74. The summed E-state index contributed by atoms with van der Waals surface area (Å²) >= 11 is -3.34. The van der Waals surface area contributed by atoms with Crippen molar-refractivity contribution in [2.24, 2.45) is 0 Å². The van der Waals surface area contributed by atoms with Crippen molar-refractivity contribution in [3.63, 3.8) is 0 Å². The monoisotopic (exact) mass is 240 g/mol. The molecule has 0 saturated heterocycles. The molecule has 8 heteroatoms. The van der Waals surface area contributed by atoms with Gasteiger partial charge in [-0.1, -0.05) is 0 Å². The fourth-order valence-corrected chi connectivity index (χ4v) is 1.73. The molecular weight excluding hydrogens is 222 g/mol. The second kappa shape index (κ2) is 13.8. The molecule has 14 heavy (non-hydrogen) atoms. The Morgan fingerprint density at radius 1 is 0.429 bits per heavy atom. The van der Waals surface area contributed by atoms with Gasteiger partial charge in [0.15, 0.2) is 0 Å². The molecule has 0 aliphatic heterocycles. The summed E-state index contributed by atoms with van der Waals surface area (Å²) < 4.78 is 28.5. The largest absolute Gasteiger partial charge is 0.905 e. The smallest absolute Gasteiger partial charge is 0.457 e. The highest BCUT2D eigenvalue weighted by Crippen LogP contribution is 1.81. The lowest BCUT2D eigenvalue weighted by atomic mass is 11.8. The van der Waals surface area contributed by atoms with Gasteiger partial charge in [-0.25, -0.2) is 0 Å². The topological polar surface area (TPSA) is 55.4 Å². The molecule has 0 aromatic carbocycles. The summed E-state index contributed by atoms with van der Waals surface area (Å²) in [5.41, 5.74) is 0. The minimum Gasteiger partial charge on any atom is -0.457 e. The van der Waals surface area contributed by atoms with Gasteiger partial charge in [0.2, 0.25) is 0 Å². The van der Waals surface area contributed by atoms with Crippen LogP contribution in [0.2, 0.25) is 0 Å². The Morgan fingerprint density at radius 2 is 0.571 bits per heavy atom. The van der Waals surface area contributed by atoms with E-state index in [4.69, 9.17) is 22.7 Å². The van der Waals surface area contributed by atoms with Crippen molar-refractivity contribution in [1.82, 2.24) is 0 Å². The van der Waals surface area contributed by atoms with Crippen molar-refractivity contribution < 1.29 is 22.7 Å². The lowest BCUT2D eigenvalue weighted by Crippen LogP contribution is -2.21. The summed E-state index contributed by atoms with van der Waals surface area (Å²) in [5, 5.41) is 0. The summed E-state index contributed by atoms with van der Waals surface area (Å²) in [7, 11) is 9.44. The summed E-state index contributed by atoms with van der Waals surface area (Å²) in [5.74, 6) is 0. The maximum Gasteiger partial charge on any atom is 0.905 e. The summed E-state index contributed by atoms with van der Waals surface area (Å²) in [6.45, 7) is 0. The second-order valence-electron chi connectivity index (χ2n) is 1.99. The van der Waals surface area contributed by atoms with Crippen LogP contribution in [-0.2, 0) is 22.7 Å². The van der Waals surface area contributed by atoms with Crippen LogP contribution in [-0.4, -0.2) is 73.0 Å². The average molecular weight is 240 g/mol. The Hall–Kier alpha value is 0.825. The lowest BCUT2D eigenvalue weighted by molar-refractivity contribution is 0.163. The van der Waals surface area contributed by atoms with Gasteiger partial charge in [0.25, 0.3) is 0 Å². The Kier molecular flexibility index (Phi) is 17.0. The molecule has 6 nitrogen and oxygen atoms in total. The highest BCUT2D eigenvalue weighted by molar-refractivity contribution is 6.36. The first-order valence-electron chi connectivity index (χ1n) is 3.86. The van der Waals surface area contributed by atoms with Gasteiger partial charge in [0, 0.05) is 42.7 Å². The summed E-state index contributed by atoms with van der Waals surface area (Å²) in [4.78, 5) is 0. The second-order valence-corrected chi connectivity index (χ2v) is 5.97. The van der Waals surface area contributed by atoms with E-state index in [1.165, 1.54) is 0 Å². The van der Waals surface area contributed by atoms with Crippen molar-refractivity contribution in [2.75, 3.05) is 42.7 Å². The highest BCUT2D eigenvalue weighted by atomic mass is 27.3. The molecule has 0 aromatic rings. The number of hydrogen-bond donors (Lipinski definition) is 0. The first kappa shape index (κ1) is 17.2. The molecule has 0 N–H and O–H groups in total. The molecule has 0 aliphatic rings. The molecule has 84 valence electrons. The van der Waals surface area contributed by atoms with Crippen LogP contribution in [0.1, 0.15) is 0 Å². The summed E-state index contributed by atoms with van der Waals surface area (Å²) in [6.07, 6.45) is 0. The summed E-state index contributed by atoms with van der Waals surface area (Å²) in [6, 6.07) is 0. The van der Waals surface area contributed by atoms with Crippen LogP contribution < -0.4 is 0 Å². The van der Waals surface area contributed by atoms with Gasteiger partial charge in [-0.3, -0.25) is 0 Å². The molecular formula is C6H18Al2O6. The van der Waals surface area contributed by atoms with Crippen LogP contribution in [0.5, 0.6) is 0 Å². The Bertz CT molecular complexity index is 75.3. The first-order chi connectivity index (χ1) is 6.69.